The van der Waals surface area contributed by atoms with Gasteiger partial charge in [0.15, 0.2) is 0 Å². The second kappa shape index (κ2) is 11.0. The highest BCUT2D eigenvalue weighted by atomic mass is 79.9. The van der Waals surface area contributed by atoms with E-state index in [0.29, 0.717) is 11.3 Å². The fourth-order valence-electron chi connectivity index (χ4n) is 3.23. The molecule has 1 amide bonds. The number of anilines is 1. The summed E-state index contributed by atoms with van der Waals surface area (Å²) in [5, 5.41) is 2.68. The molecule has 0 atom stereocenters. The number of aryl methyl sites for hydroxylation is 1. The van der Waals surface area contributed by atoms with Crippen molar-refractivity contribution in [3.63, 3.8) is 0 Å². The Morgan fingerprint density at radius 1 is 0.857 bits per heavy atom. The van der Waals surface area contributed by atoms with E-state index in [0.717, 1.165) is 18.6 Å². The van der Waals surface area contributed by atoms with Crippen molar-refractivity contribution in [2.24, 2.45) is 0 Å². The normalized spacial score (nSPS) is 12.2. The third kappa shape index (κ3) is 6.56. The van der Waals surface area contributed by atoms with Gasteiger partial charge in [-0.3, -0.25) is 4.79 Å². The summed E-state index contributed by atoms with van der Waals surface area (Å²) in [6.07, 6.45) is 0. The highest BCUT2D eigenvalue weighted by Crippen LogP contribution is 2.24. The van der Waals surface area contributed by atoms with E-state index >= 15 is 0 Å². The third-order valence-corrected chi connectivity index (χ3v) is 9.38. The highest BCUT2D eigenvalue weighted by Gasteiger charge is 2.27. The van der Waals surface area contributed by atoms with Crippen LogP contribution < -0.4 is 5.32 Å². The molecule has 8 nitrogen and oxygen atoms in total. The Hall–Kier alpha value is -2.57. The minimum atomic E-state index is -4.01. The zero-order valence-corrected chi connectivity index (χ0v) is 22.7. The van der Waals surface area contributed by atoms with Crippen LogP contribution in [-0.4, -0.2) is 52.0 Å². The zero-order valence-electron chi connectivity index (χ0n) is 19.5. The van der Waals surface area contributed by atoms with Crippen LogP contribution in [0.2, 0.25) is 0 Å². The van der Waals surface area contributed by atoms with Gasteiger partial charge in [0.2, 0.25) is 26.0 Å². The van der Waals surface area contributed by atoms with Gasteiger partial charge in [0, 0.05) is 30.8 Å². The van der Waals surface area contributed by atoms with Crippen LogP contribution in [0.4, 0.5) is 5.69 Å². The zero-order chi connectivity index (χ0) is 25.8. The molecular weight excluding hydrogens is 554 g/mol. The first-order valence-corrected chi connectivity index (χ1v) is 14.2. The maximum absolute atomic E-state index is 13.4. The maximum Gasteiger partial charge on any atom is 0.243 e. The van der Waals surface area contributed by atoms with Crippen LogP contribution >= 0.6 is 15.9 Å². The summed E-state index contributed by atoms with van der Waals surface area (Å²) in [6.45, 7) is 1.25. The molecule has 3 aromatic rings. The van der Waals surface area contributed by atoms with Crippen LogP contribution in [0.5, 0.6) is 0 Å². The molecule has 3 aromatic carbocycles. The average Bonchev–Trinajstić information content (AvgIpc) is 2.81. The van der Waals surface area contributed by atoms with Crippen LogP contribution in [0.3, 0.4) is 0 Å². The maximum atomic E-state index is 13.4. The Morgan fingerprint density at radius 2 is 1.46 bits per heavy atom. The standard InChI is InChI=1S/C24H26BrN3O5S2/c1-18-9-12-22(34(30,31)27(2)3)15-23(18)26-24(29)17-28(16-19-7-5-4-6-8-19)35(32,33)21-13-10-20(25)11-14-21/h4-15H,16-17H2,1-3H3,(H,26,29). The summed E-state index contributed by atoms with van der Waals surface area (Å²) in [5.74, 6) is -0.593. The van der Waals surface area contributed by atoms with Gasteiger partial charge in [0.05, 0.1) is 16.3 Å². The van der Waals surface area contributed by atoms with E-state index < -0.39 is 32.5 Å². The predicted octanol–water partition coefficient (Wildman–Crippen LogP) is 3.84. The van der Waals surface area contributed by atoms with Gasteiger partial charge in [0.25, 0.3) is 0 Å². The van der Waals surface area contributed by atoms with Gasteiger partial charge in [-0.15, -0.1) is 0 Å². The Balaban J connectivity index is 1.91. The van der Waals surface area contributed by atoms with Gasteiger partial charge in [-0.05, 0) is 54.4 Å². The van der Waals surface area contributed by atoms with Crippen molar-refractivity contribution in [3.05, 3.63) is 88.4 Å². The van der Waals surface area contributed by atoms with Crippen LogP contribution in [0.15, 0.2) is 87.1 Å². The lowest BCUT2D eigenvalue weighted by Crippen LogP contribution is -2.37. The van der Waals surface area contributed by atoms with Gasteiger partial charge in [-0.1, -0.05) is 52.3 Å². The van der Waals surface area contributed by atoms with E-state index in [4.69, 9.17) is 0 Å². The molecule has 0 saturated carbocycles. The molecule has 0 spiro atoms. The smallest absolute Gasteiger partial charge is 0.243 e. The number of carbonyl (C=O) groups excluding carboxylic acids is 1. The van der Waals surface area contributed by atoms with E-state index in [1.54, 1.807) is 49.4 Å². The van der Waals surface area contributed by atoms with E-state index in [1.165, 1.54) is 38.4 Å². The highest BCUT2D eigenvalue weighted by molar-refractivity contribution is 9.10. The first kappa shape index (κ1) is 27.0. The van der Waals surface area contributed by atoms with Gasteiger partial charge >= 0.3 is 0 Å². The Bertz CT molecular complexity index is 1410. The van der Waals surface area contributed by atoms with Crippen molar-refractivity contribution in [2.45, 2.75) is 23.3 Å². The molecule has 0 aliphatic carbocycles. The lowest BCUT2D eigenvalue weighted by molar-refractivity contribution is -0.116. The lowest BCUT2D eigenvalue weighted by atomic mass is 10.2. The summed E-state index contributed by atoms with van der Waals surface area (Å²) in [7, 11) is -4.88. The number of rotatable bonds is 9. The molecule has 0 radical (unpaired) electrons. The van der Waals surface area contributed by atoms with E-state index in [2.05, 4.69) is 21.2 Å². The SMILES string of the molecule is Cc1ccc(S(=O)(=O)N(C)C)cc1NC(=O)CN(Cc1ccccc1)S(=O)(=O)c1ccc(Br)cc1. The van der Waals surface area contributed by atoms with E-state index in [1.807, 2.05) is 6.07 Å². The van der Waals surface area contributed by atoms with Crippen molar-refractivity contribution < 1.29 is 21.6 Å². The Kier molecular flexibility index (Phi) is 8.50. The number of hydrogen-bond donors (Lipinski definition) is 1. The Labute approximate surface area is 214 Å². The number of benzene rings is 3. The third-order valence-electron chi connectivity index (χ3n) is 5.23. The summed E-state index contributed by atoms with van der Waals surface area (Å²) >= 11 is 3.30. The molecule has 35 heavy (non-hydrogen) atoms. The van der Waals surface area contributed by atoms with Crippen molar-refractivity contribution in [1.82, 2.24) is 8.61 Å². The molecule has 3 rings (SSSR count). The number of nitrogens with one attached hydrogen (secondary N) is 1. The molecule has 186 valence electrons. The fourth-order valence-corrected chi connectivity index (χ4v) is 5.80. The molecular formula is C24H26BrN3O5S2. The molecule has 0 bridgehead atoms. The predicted molar refractivity (Wildman–Crippen MR) is 139 cm³/mol. The minimum Gasteiger partial charge on any atom is -0.325 e. The van der Waals surface area contributed by atoms with Gasteiger partial charge in [-0.2, -0.15) is 4.31 Å². The quantitative estimate of drug-likeness (QED) is 0.415. The second-order valence-electron chi connectivity index (χ2n) is 8.02. The Morgan fingerprint density at radius 3 is 2.06 bits per heavy atom. The van der Waals surface area contributed by atoms with Crippen molar-refractivity contribution >= 4 is 47.6 Å². The summed E-state index contributed by atoms with van der Waals surface area (Å²) in [6, 6.07) is 19.6. The number of hydrogen-bond acceptors (Lipinski definition) is 5. The molecule has 0 aliphatic rings. The first-order valence-electron chi connectivity index (χ1n) is 10.5. The largest absolute Gasteiger partial charge is 0.325 e. The average molecular weight is 581 g/mol. The minimum absolute atomic E-state index is 0.0132. The first-order chi connectivity index (χ1) is 16.4. The van der Waals surface area contributed by atoms with Crippen molar-refractivity contribution in [3.8, 4) is 0 Å². The van der Waals surface area contributed by atoms with Crippen molar-refractivity contribution in [2.75, 3.05) is 26.0 Å². The monoisotopic (exact) mass is 579 g/mol. The second-order valence-corrected chi connectivity index (χ2v) is 13.0. The van der Waals surface area contributed by atoms with Crippen LogP contribution in [0, 0.1) is 6.92 Å². The van der Waals surface area contributed by atoms with E-state index in [-0.39, 0.29) is 16.3 Å². The summed E-state index contributed by atoms with van der Waals surface area (Å²) < 4.78 is 54.7. The molecule has 0 fully saturated rings. The number of sulfonamides is 2. The topological polar surface area (TPSA) is 104 Å². The van der Waals surface area contributed by atoms with E-state index in [9.17, 15) is 21.6 Å². The van der Waals surface area contributed by atoms with Crippen LogP contribution in [0.1, 0.15) is 11.1 Å². The number of amides is 1. The number of nitrogens with zero attached hydrogens (tertiary/aromatic N) is 2. The molecule has 1 N–H and O–H groups in total. The summed E-state index contributed by atoms with van der Waals surface area (Å²) in [4.78, 5) is 13.1. The van der Waals surface area contributed by atoms with Gasteiger partial charge in [-0.25, -0.2) is 21.1 Å². The van der Waals surface area contributed by atoms with Crippen LogP contribution in [-0.2, 0) is 31.4 Å². The fraction of sp³-hybridized carbons (Fsp3) is 0.208. The molecule has 0 saturated heterocycles. The number of carbonyl (C=O) groups is 1. The molecule has 11 heteroatoms. The van der Waals surface area contributed by atoms with Gasteiger partial charge < -0.3 is 5.32 Å². The lowest BCUT2D eigenvalue weighted by Gasteiger charge is -2.22. The van der Waals surface area contributed by atoms with Crippen molar-refractivity contribution in [1.29, 1.82) is 0 Å². The molecule has 0 heterocycles. The molecule has 0 unspecified atom stereocenters. The molecule has 0 aromatic heterocycles. The van der Waals surface area contributed by atoms with Crippen LogP contribution in [0.25, 0.3) is 0 Å². The van der Waals surface area contributed by atoms with Gasteiger partial charge in [0.1, 0.15) is 0 Å². The molecule has 0 aliphatic heterocycles. The summed E-state index contributed by atoms with van der Waals surface area (Å²) in [5.41, 5.74) is 1.65. The number of halogens is 1.